The summed E-state index contributed by atoms with van der Waals surface area (Å²) in [5.41, 5.74) is 11.4. The highest BCUT2D eigenvalue weighted by molar-refractivity contribution is 5.97. The number of primary amides is 1. The smallest absolute Gasteiger partial charge is 0.271 e. The molecular formula is C11H18N6O2. The molecule has 6 N–H and O–H groups in total. The minimum absolute atomic E-state index is 0.0827. The van der Waals surface area contributed by atoms with Gasteiger partial charge in [-0.3, -0.25) is 19.6 Å². The van der Waals surface area contributed by atoms with Crippen LogP contribution in [0.5, 0.6) is 0 Å². The van der Waals surface area contributed by atoms with Crippen molar-refractivity contribution < 1.29 is 9.59 Å². The molecule has 104 valence electrons. The average molecular weight is 266 g/mol. The molecule has 0 radical (unpaired) electrons. The number of piperidine rings is 1. The van der Waals surface area contributed by atoms with Gasteiger partial charge in [0.05, 0.1) is 18.4 Å². The number of carbonyl (C=O) groups is 2. The molecule has 0 bridgehead atoms. The molecule has 1 fully saturated rings. The summed E-state index contributed by atoms with van der Waals surface area (Å²) in [6.45, 7) is 1.76. The van der Waals surface area contributed by atoms with Gasteiger partial charge in [-0.05, 0) is 12.8 Å². The lowest BCUT2D eigenvalue weighted by atomic mass is 10.0. The fourth-order valence-electron chi connectivity index (χ4n) is 2.19. The molecule has 0 unspecified atom stereocenters. The summed E-state index contributed by atoms with van der Waals surface area (Å²) < 4.78 is 0. The second-order valence-corrected chi connectivity index (χ2v) is 4.69. The standard InChI is InChI=1S/C11H18N6O2/c12-8-5-14-16-10(8)11(19)15-7-1-3-17(4-2-7)6-9(13)18/h5,7H,1-4,6,12H2,(H2,13,18)(H,14,16)(H,15,19). The number of nitrogens with two attached hydrogens (primary N) is 2. The number of rotatable bonds is 4. The lowest BCUT2D eigenvalue weighted by molar-refractivity contribution is -0.119. The summed E-state index contributed by atoms with van der Waals surface area (Å²) in [6.07, 6.45) is 2.98. The number of aromatic nitrogens is 2. The second kappa shape index (κ2) is 5.70. The molecule has 8 heteroatoms. The van der Waals surface area contributed by atoms with E-state index in [1.165, 1.54) is 6.20 Å². The maximum atomic E-state index is 11.9. The van der Waals surface area contributed by atoms with Gasteiger partial charge in [0.25, 0.3) is 5.91 Å². The van der Waals surface area contributed by atoms with Crippen LogP contribution in [-0.4, -0.2) is 52.6 Å². The van der Waals surface area contributed by atoms with Crippen LogP contribution in [0.1, 0.15) is 23.3 Å². The zero-order valence-electron chi connectivity index (χ0n) is 10.6. The zero-order valence-corrected chi connectivity index (χ0v) is 10.6. The first-order valence-corrected chi connectivity index (χ1v) is 6.16. The van der Waals surface area contributed by atoms with E-state index in [2.05, 4.69) is 15.5 Å². The summed E-state index contributed by atoms with van der Waals surface area (Å²) in [4.78, 5) is 24.7. The first kappa shape index (κ1) is 13.3. The molecule has 0 saturated carbocycles. The van der Waals surface area contributed by atoms with Crippen LogP contribution in [0.25, 0.3) is 0 Å². The number of hydrogen-bond donors (Lipinski definition) is 4. The van der Waals surface area contributed by atoms with E-state index in [9.17, 15) is 9.59 Å². The van der Waals surface area contributed by atoms with Gasteiger partial charge in [0, 0.05) is 19.1 Å². The number of hydrogen-bond acceptors (Lipinski definition) is 5. The second-order valence-electron chi connectivity index (χ2n) is 4.69. The highest BCUT2D eigenvalue weighted by atomic mass is 16.2. The van der Waals surface area contributed by atoms with Crippen molar-refractivity contribution in [2.24, 2.45) is 5.73 Å². The van der Waals surface area contributed by atoms with Crippen molar-refractivity contribution in [1.82, 2.24) is 20.4 Å². The van der Waals surface area contributed by atoms with Gasteiger partial charge in [0.2, 0.25) is 5.91 Å². The molecule has 1 aromatic heterocycles. The topological polar surface area (TPSA) is 130 Å². The number of amides is 2. The van der Waals surface area contributed by atoms with Crippen LogP contribution in [0.2, 0.25) is 0 Å². The molecule has 2 amide bonds. The van der Waals surface area contributed by atoms with Gasteiger partial charge in [0.15, 0.2) is 0 Å². The Labute approximate surface area is 110 Å². The third-order valence-electron chi connectivity index (χ3n) is 3.20. The van der Waals surface area contributed by atoms with Crippen molar-refractivity contribution in [2.75, 3.05) is 25.4 Å². The lowest BCUT2D eigenvalue weighted by Gasteiger charge is -2.31. The van der Waals surface area contributed by atoms with Crippen molar-refractivity contribution in [3.63, 3.8) is 0 Å². The van der Waals surface area contributed by atoms with E-state index in [0.717, 1.165) is 25.9 Å². The molecule has 0 aromatic carbocycles. The Morgan fingerprint density at radius 3 is 2.68 bits per heavy atom. The number of aromatic amines is 1. The fourth-order valence-corrected chi connectivity index (χ4v) is 2.19. The molecule has 1 saturated heterocycles. The number of likely N-dealkylation sites (tertiary alicyclic amines) is 1. The molecule has 1 aromatic rings. The van der Waals surface area contributed by atoms with E-state index in [0.29, 0.717) is 11.4 Å². The third kappa shape index (κ3) is 3.44. The number of nitrogen functional groups attached to an aromatic ring is 1. The van der Waals surface area contributed by atoms with Gasteiger partial charge in [-0.1, -0.05) is 0 Å². The summed E-state index contributed by atoms with van der Waals surface area (Å²) in [5.74, 6) is -0.573. The molecule has 1 aliphatic heterocycles. The van der Waals surface area contributed by atoms with Crippen LogP contribution in [0.15, 0.2) is 6.20 Å². The van der Waals surface area contributed by atoms with Crippen molar-refractivity contribution in [2.45, 2.75) is 18.9 Å². The van der Waals surface area contributed by atoms with Crippen molar-refractivity contribution in [1.29, 1.82) is 0 Å². The first-order valence-electron chi connectivity index (χ1n) is 6.16. The fraction of sp³-hybridized carbons (Fsp3) is 0.545. The molecular weight excluding hydrogens is 248 g/mol. The van der Waals surface area contributed by atoms with Gasteiger partial charge in [-0.25, -0.2) is 0 Å². The third-order valence-corrected chi connectivity index (χ3v) is 3.20. The van der Waals surface area contributed by atoms with E-state index in [4.69, 9.17) is 11.5 Å². The highest BCUT2D eigenvalue weighted by Crippen LogP contribution is 2.12. The number of H-pyrrole nitrogens is 1. The SMILES string of the molecule is NC(=O)CN1CCC(NC(=O)c2[nH]ncc2N)CC1. The minimum Gasteiger partial charge on any atom is -0.396 e. The van der Waals surface area contributed by atoms with E-state index in [1.54, 1.807) is 0 Å². The van der Waals surface area contributed by atoms with Gasteiger partial charge in [-0.15, -0.1) is 0 Å². The predicted octanol–water partition coefficient (Wildman–Crippen LogP) is -1.33. The Bertz CT molecular complexity index is 464. The van der Waals surface area contributed by atoms with Crippen LogP contribution < -0.4 is 16.8 Å². The normalized spacial score (nSPS) is 17.3. The molecule has 2 heterocycles. The van der Waals surface area contributed by atoms with E-state index in [-0.39, 0.29) is 24.4 Å². The molecule has 1 aliphatic rings. The molecule has 0 spiro atoms. The molecule has 8 nitrogen and oxygen atoms in total. The largest absolute Gasteiger partial charge is 0.396 e. The van der Waals surface area contributed by atoms with Gasteiger partial charge in [-0.2, -0.15) is 5.10 Å². The van der Waals surface area contributed by atoms with Gasteiger partial charge < -0.3 is 16.8 Å². The quantitative estimate of drug-likeness (QED) is 0.536. The number of anilines is 1. The molecule has 19 heavy (non-hydrogen) atoms. The highest BCUT2D eigenvalue weighted by Gasteiger charge is 2.23. The van der Waals surface area contributed by atoms with Crippen molar-refractivity contribution >= 4 is 17.5 Å². The summed E-state index contributed by atoms with van der Waals surface area (Å²) >= 11 is 0. The lowest BCUT2D eigenvalue weighted by Crippen LogP contribution is -2.46. The Kier molecular flexibility index (Phi) is 4.00. The van der Waals surface area contributed by atoms with Gasteiger partial charge in [0.1, 0.15) is 5.69 Å². The van der Waals surface area contributed by atoms with Crippen LogP contribution in [0, 0.1) is 0 Å². The minimum atomic E-state index is -0.326. The average Bonchev–Trinajstić information content (AvgIpc) is 2.77. The monoisotopic (exact) mass is 266 g/mol. The number of carbonyl (C=O) groups excluding carboxylic acids is 2. The maximum Gasteiger partial charge on any atom is 0.271 e. The Morgan fingerprint density at radius 2 is 2.16 bits per heavy atom. The number of nitrogens with one attached hydrogen (secondary N) is 2. The van der Waals surface area contributed by atoms with Crippen molar-refractivity contribution in [3.05, 3.63) is 11.9 Å². The Morgan fingerprint density at radius 1 is 1.47 bits per heavy atom. The first-order chi connectivity index (χ1) is 9.06. The van der Waals surface area contributed by atoms with Crippen LogP contribution in [0.3, 0.4) is 0 Å². The predicted molar refractivity (Wildman–Crippen MR) is 69.1 cm³/mol. The summed E-state index contributed by atoms with van der Waals surface area (Å²) in [5, 5.41) is 9.18. The zero-order chi connectivity index (χ0) is 13.8. The van der Waals surface area contributed by atoms with Gasteiger partial charge >= 0.3 is 0 Å². The van der Waals surface area contributed by atoms with Crippen molar-refractivity contribution in [3.8, 4) is 0 Å². The Balaban J connectivity index is 1.81. The van der Waals surface area contributed by atoms with E-state index in [1.807, 2.05) is 4.90 Å². The summed E-state index contributed by atoms with van der Waals surface area (Å²) in [6, 6.07) is 0.0827. The van der Waals surface area contributed by atoms with E-state index < -0.39 is 0 Å². The van der Waals surface area contributed by atoms with Crippen LogP contribution in [-0.2, 0) is 4.79 Å². The summed E-state index contributed by atoms with van der Waals surface area (Å²) in [7, 11) is 0. The molecule has 2 rings (SSSR count). The van der Waals surface area contributed by atoms with E-state index >= 15 is 0 Å². The maximum absolute atomic E-state index is 11.9. The number of nitrogens with zero attached hydrogens (tertiary/aromatic N) is 2. The molecule has 0 aliphatic carbocycles. The van der Waals surface area contributed by atoms with Crippen LogP contribution >= 0.6 is 0 Å². The van der Waals surface area contributed by atoms with Crippen LogP contribution in [0.4, 0.5) is 5.69 Å². The Hall–Kier alpha value is -2.09. The molecule has 0 atom stereocenters.